The standard InChI is InChI=1S/C14H16FN3S/c1-9-6-7-18-14(17)13(9)12(16)8-19-11-4-2-10(15)3-5-11/h2-7,12H,8,16H2,1H3,(H2,17,18). The molecule has 1 heterocycles. The second-order valence-electron chi connectivity index (χ2n) is 4.30. The van der Waals surface area contributed by atoms with Gasteiger partial charge in [-0.1, -0.05) is 0 Å². The molecule has 100 valence electrons. The van der Waals surface area contributed by atoms with Crippen LogP contribution in [0.2, 0.25) is 0 Å². The highest BCUT2D eigenvalue weighted by Crippen LogP contribution is 2.27. The smallest absolute Gasteiger partial charge is 0.128 e. The number of hydrogen-bond acceptors (Lipinski definition) is 4. The number of aromatic nitrogens is 1. The average molecular weight is 277 g/mol. The first-order valence-corrected chi connectivity index (χ1v) is 6.91. The number of hydrogen-bond donors (Lipinski definition) is 2. The summed E-state index contributed by atoms with van der Waals surface area (Å²) in [6.45, 7) is 1.97. The van der Waals surface area contributed by atoms with Crippen molar-refractivity contribution in [1.29, 1.82) is 0 Å². The molecule has 3 nitrogen and oxygen atoms in total. The molecule has 2 aromatic rings. The molecule has 0 aliphatic carbocycles. The van der Waals surface area contributed by atoms with Gasteiger partial charge < -0.3 is 11.5 Å². The van der Waals surface area contributed by atoms with Gasteiger partial charge in [0.05, 0.1) is 0 Å². The molecule has 0 fully saturated rings. The molecule has 0 radical (unpaired) electrons. The Balaban J connectivity index is 2.05. The van der Waals surface area contributed by atoms with Gasteiger partial charge in [-0.05, 0) is 42.8 Å². The Morgan fingerprint density at radius 3 is 2.58 bits per heavy atom. The SMILES string of the molecule is Cc1ccnc(N)c1C(N)CSc1ccc(F)cc1. The summed E-state index contributed by atoms with van der Waals surface area (Å²) in [6.07, 6.45) is 1.67. The first-order chi connectivity index (χ1) is 9.08. The van der Waals surface area contributed by atoms with E-state index < -0.39 is 0 Å². The summed E-state index contributed by atoms with van der Waals surface area (Å²) in [5, 5.41) is 0. The molecule has 0 aliphatic rings. The lowest BCUT2D eigenvalue weighted by Crippen LogP contribution is -2.17. The second kappa shape index (κ2) is 6.04. The third-order valence-corrected chi connectivity index (χ3v) is 3.98. The van der Waals surface area contributed by atoms with Crippen molar-refractivity contribution in [2.75, 3.05) is 11.5 Å². The van der Waals surface area contributed by atoms with Crippen molar-refractivity contribution in [2.24, 2.45) is 5.73 Å². The van der Waals surface area contributed by atoms with Crippen LogP contribution >= 0.6 is 11.8 Å². The maximum atomic E-state index is 12.8. The highest BCUT2D eigenvalue weighted by Gasteiger charge is 2.13. The van der Waals surface area contributed by atoms with Crippen molar-refractivity contribution in [2.45, 2.75) is 17.9 Å². The van der Waals surface area contributed by atoms with Gasteiger partial charge >= 0.3 is 0 Å². The minimum absolute atomic E-state index is 0.191. The maximum Gasteiger partial charge on any atom is 0.128 e. The van der Waals surface area contributed by atoms with Crippen molar-refractivity contribution in [3.63, 3.8) is 0 Å². The molecule has 2 rings (SSSR count). The number of nitrogens with two attached hydrogens (primary N) is 2. The van der Waals surface area contributed by atoms with Gasteiger partial charge in [0.2, 0.25) is 0 Å². The normalized spacial score (nSPS) is 12.4. The molecule has 0 bridgehead atoms. The molecule has 1 atom stereocenters. The van der Waals surface area contributed by atoms with Gasteiger partial charge in [-0.15, -0.1) is 11.8 Å². The first kappa shape index (κ1) is 13.8. The number of aryl methyl sites for hydroxylation is 1. The lowest BCUT2D eigenvalue weighted by Gasteiger charge is -2.16. The zero-order chi connectivity index (χ0) is 13.8. The number of anilines is 1. The van der Waals surface area contributed by atoms with E-state index in [1.165, 1.54) is 12.1 Å². The molecular formula is C14H16FN3S. The lowest BCUT2D eigenvalue weighted by atomic mass is 10.1. The van der Waals surface area contributed by atoms with E-state index in [4.69, 9.17) is 11.5 Å². The zero-order valence-electron chi connectivity index (χ0n) is 10.6. The van der Waals surface area contributed by atoms with Gasteiger partial charge in [-0.25, -0.2) is 9.37 Å². The van der Waals surface area contributed by atoms with Gasteiger partial charge in [0.1, 0.15) is 11.6 Å². The molecular weight excluding hydrogens is 261 g/mol. The zero-order valence-corrected chi connectivity index (χ0v) is 11.5. The molecule has 19 heavy (non-hydrogen) atoms. The summed E-state index contributed by atoms with van der Waals surface area (Å²) >= 11 is 1.57. The van der Waals surface area contributed by atoms with E-state index in [0.717, 1.165) is 16.0 Å². The van der Waals surface area contributed by atoms with E-state index in [2.05, 4.69) is 4.98 Å². The van der Waals surface area contributed by atoms with E-state index in [1.807, 2.05) is 13.0 Å². The van der Waals surface area contributed by atoms with E-state index in [9.17, 15) is 4.39 Å². The highest BCUT2D eigenvalue weighted by molar-refractivity contribution is 7.99. The molecule has 1 aromatic heterocycles. The van der Waals surface area contributed by atoms with Gasteiger partial charge in [0.25, 0.3) is 0 Å². The second-order valence-corrected chi connectivity index (χ2v) is 5.39. The van der Waals surface area contributed by atoms with Gasteiger partial charge in [-0.2, -0.15) is 0 Å². The molecule has 5 heteroatoms. The summed E-state index contributed by atoms with van der Waals surface area (Å²) in [6, 6.07) is 8.07. The summed E-state index contributed by atoms with van der Waals surface area (Å²) in [5.41, 5.74) is 13.9. The summed E-state index contributed by atoms with van der Waals surface area (Å²) in [4.78, 5) is 5.05. The molecule has 0 spiro atoms. The van der Waals surface area contributed by atoms with Gasteiger partial charge in [0, 0.05) is 28.5 Å². The van der Waals surface area contributed by atoms with Crippen molar-refractivity contribution in [1.82, 2.24) is 4.98 Å². The fourth-order valence-corrected chi connectivity index (χ4v) is 2.74. The van der Waals surface area contributed by atoms with Gasteiger partial charge in [-0.3, -0.25) is 0 Å². The van der Waals surface area contributed by atoms with E-state index >= 15 is 0 Å². The molecule has 0 amide bonds. The third kappa shape index (κ3) is 3.45. The van der Waals surface area contributed by atoms with Crippen LogP contribution in [0.5, 0.6) is 0 Å². The third-order valence-electron chi connectivity index (χ3n) is 2.85. The van der Waals surface area contributed by atoms with Crippen LogP contribution in [-0.4, -0.2) is 10.7 Å². The number of benzene rings is 1. The summed E-state index contributed by atoms with van der Waals surface area (Å²) in [7, 11) is 0. The van der Waals surface area contributed by atoms with Crippen molar-refractivity contribution in [3.05, 3.63) is 53.5 Å². The Morgan fingerprint density at radius 1 is 1.26 bits per heavy atom. The quantitative estimate of drug-likeness (QED) is 0.843. The van der Waals surface area contributed by atoms with Crippen LogP contribution in [0.25, 0.3) is 0 Å². The average Bonchev–Trinajstić information content (AvgIpc) is 2.38. The number of pyridine rings is 1. The highest BCUT2D eigenvalue weighted by atomic mass is 32.2. The van der Waals surface area contributed by atoms with Crippen LogP contribution in [0.15, 0.2) is 41.4 Å². The maximum absolute atomic E-state index is 12.8. The number of thioether (sulfide) groups is 1. The minimum Gasteiger partial charge on any atom is -0.383 e. The molecule has 0 saturated heterocycles. The lowest BCUT2D eigenvalue weighted by molar-refractivity contribution is 0.626. The van der Waals surface area contributed by atoms with E-state index in [-0.39, 0.29) is 11.9 Å². The van der Waals surface area contributed by atoms with Gasteiger partial charge in [0.15, 0.2) is 0 Å². The Morgan fingerprint density at radius 2 is 1.95 bits per heavy atom. The largest absolute Gasteiger partial charge is 0.383 e. The Labute approximate surface area is 116 Å². The molecule has 4 N–H and O–H groups in total. The van der Waals surface area contributed by atoms with Crippen LogP contribution in [-0.2, 0) is 0 Å². The topological polar surface area (TPSA) is 64.9 Å². The number of nitrogen functional groups attached to an aromatic ring is 1. The Hall–Kier alpha value is -1.59. The van der Waals surface area contributed by atoms with Crippen LogP contribution in [0, 0.1) is 12.7 Å². The number of nitrogens with zero attached hydrogens (tertiary/aromatic N) is 1. The van der Waals surface area contributed by atoms with Crippen molar-refractivity contribution in [3.8, 4) is 0 Å². The van der Waals surface area contributed by atoms with Crippen LogP contribution < -0.4 is 11.5 Å². The number of rotatable bonds is 4. The monoisotopic (exact) mass is 277 g/mol. The molecule has 0 aliphatic heterocycles. The predicted octanol–water partition coefficient (Wildman–Crippen LogP) is 2.90. The minimum atomic E-state index is -0.235. The first-order valence-electron chi connectivity index (χ1n) is 5.93. The summed E-state index contributed by atoms with van der Waals surface area (Å²) < 4.78 is 12.8. The Kier molecular flexibility index (Phi) is 4.39. The van der Waals surface area contributed by atoms with E-state index in [1.54, 1.807) is 30.1 Å². The number of halogens is 1. The fourth-order valence-electron chi connectivity index (χ4n) is 1.87. The molecule has 1 unspecified atom stereocenters. The summed E-state index contributed by atoms with van der Waals surface area (Å²) in [5.74, 6) is 0.913. The predicted molar refractivity (Wildman–Crippen MR) is 77.4 cm³/mol. The van der Waals surface area contributed by atoms with Crippen LogP contribution in [0.4, 0.5) is 10.2 Å². The van der Waals surface area contributed by atoms with Crippen molar-refractivity contribution < 1.29 is 4.39 Å². The van der Waals surface area contributed by atoms with E-state index in [0.29, 0.717) is 11.6 Å². The molecule has 1 aromatic carbocycles. The van der Waals surface area contributed by atoms with Crippen molar-refractivity contribution >= 4 is 17.6 Å². The van der Waals surface area contributed by atoms with Crippen LogP contribution in [0.3, 0.4) is 0 Å². The fraction of sp³-hybridized carbons (Fsp3) is 0.214. The molecule has 0 saturated carbocycles. The van der Waals surface area contributed by atoms with Crippen LogP contribution in [0.1, 0.15) is 17.2 Å². The Bertz CT molecular complexity index is 537.